The summed E-state index contributed by atoms with van der Waals surface area (Å²) in [5, 5.41) is 14.6. The van der Waals surface area contributed by atoms with Crippen LogP contribution >= 0.6 is 24.8 Å². The molecule has 26 heavy (non-hydrogen) atoms. The topological polar surface area (TPSA) is 85.9 Å². The first-order valence-electron chi connectivity index (χ1n) is 8.85. The lowest BCUT2D eigenvalue weighted by Gasteiger charge is -2.35. The molecule has 0 unspecified atom stereocenters. The molecule has 9 heteroatoms. The van der Waals surface area contributed by atoms with Gasteiger partial charge in [0.1, 0.15) is 0 Å². The second kappa shape index (κ2) is 9.50. The van der Waals surface area contributed by atoms with Gasteiger partial charge in [0.25, 0.3) is 0 Å². The molecule has 0 radical (unpaired) electrons. The first-order valence-corrected chi connectivity index (χ1v) is 8.85. The Kier molecular flexibility index (Phi) is 7.64. The molecule has 3 N–H and O–H groups in total. The third kappa shape index (κ3) is 4.28. The Morgan fingerprint density at radius 2 is 2.08 bits per heavy atom. The number of likely N-dealkylation sites (tertiary alicyclic amines) is 1. The van der Waals surface area contributed by atoms with Crippen molar-refractivity contribution in [1.82, 2.24) is 30.7 Å². The fourth-order valence-corrected chi connectivity index (χ4v) is 3.98. The number of pyridine rings is 1. The van der Waals surface area contributed by atoms with E-state index in [1.165, 1.54) is 0 Å². The quantitative estimate of drug-likeness (QED) is 0.725. The van der Waals surface area contributed by atoms with Crippen LogP contribution in [0.15, 0.2) is 18.3 Å². The Bertz CT molecular complexity index is 718. The largest absolute Gasteiger partial charge is 0.349 e. The second-order valence-corrected chi connectivity index (χ2v) is 6.67. The van der Waals surface area contributed by atoms with Gasteiger partial charge in [-0.3, -0.25) is 14.8 Å². The predicted octanol–water partition coefficient (Wildman–Crippen LogP) is 1.63. The predicted molar refractivity (Wildman–Crippen MR) is 106 cm³/mol. The zero-order valence-electron chi connectivity index (χ0n) is 14.6. The van der Waals surface area contributed by atoms with Gasteiger partial charge in [-0.05, 0) is 57.5 Å². The van der Waals surface area contributed by atoms with E-state index in [4.69, 9.17) is 0 Å². The van der Waals surface area contributed by atoms with Crippen LogP contribution in [0.4, 0.5) is 0 Å². The number of nitrogens with zero attached hydrogens (tertiary/aromatic N) is 3. The van der Waals surface area contributed by atoms with E-state index in [-0.39, 0.29) is 36.8 Å². The Labute approximate surface area is 165 Å². The normalized spacial score (nSPS) is 21.2. The van der Waals surface area contributed by atoms with Crippen molar-refractivity contribution in [1.29, 1.82) is 0 Å². The lowest BCUT2D eigenvalue weighted by atomic mass is 10.0. The standard InChI is InChI=1S/C17H24N6O.2ClH/c24-17(15-4-2-10-23(15)12-5-8-18-9-6-12)20-11-14-13-3-1-7-19-16(13)22-21-14;;/h1,3,7,12,15,18H,2,4-6,8-11H2,(H,20,24)(H,19,21,22);2*1H/t15-;;/m0../s1. The summed E-state index contributed by atoms with van der Waals surface area (Å²) in [6.45, 7) is 3.63. The number of fused-ring (bicyclic) bond motifs is 1. The van der Waals surface area contributed by atoms with E-state index >= 15 is 0 Å². The van der Waals surface area contributed by atoms with Crippen molar-refractivity contribution in [3.63, 3.8) is 0 Å². The fraction of sp³-hybridized carbons (Fsp3) is 0.588. The van der Waals surface area contributed by atoms with Crippen LogP contribution in [0.2, 0.25) is 0 Å². The maximum atomic E-state index is 12.7. The zero-order valence-corrected chi connectivity index (χ0v) is 16.2. The van der Waals surface area contributed by atoms with Crippen molar-refractivity contribution in [3.05, 3.63) is 24.0 Å². The molecule has 2 saturated heterocycles. The minimum Gasteiger partial charge on any atom is -0.349 e. The van der Waals surface area contributed by atoms with Crippen molar-refractivity contribution < 1.29 is 4.79 Å². The molecule has 0 saturated carbocycles. The number of hydrogen-bond acceptors (Lipinski definition) is 5. The Balaban J connectivity index is 0.00000121. The van der Waals surface area contributed by atoms with Gasteiger partial charge in [-0.25, -0.2) is 4.98 Å². The first kappa shape index (κ1) is 20.9. The number of nitrogens with one attached hydrogen (secondary N) is 3. The SMILES string of the molecule is Cl.Cl.O=C(NCc1[nH]nc2ncccc12)[C@@H]1CCCN1C1CCNCC1. The van der Waals surface area contributed by atoms with Crippen LogP contribution in [-0.2, 0) is 11.3 Å². The summed E-state index contributed by atoms with van der Waals surface area (Å²) in [4.78, 5) is 19.3. The molecule has 2 aliphatic heterocycles. The van der Waals surface area contributed by atoms with E-state index in [1.807, 2.05) is 12.1 Å². The van der Waals surface area contributed by atoms with Crippen molar-refractivity contribution in [2.75, 3.05) is 19.6 Å². The monoisotopic (exact) mass is 400 g/mol. The first-order chi connectivity index (χ1) is 11.8. The van der Waals surface area contributed by atoms with Gasteiger partial charge in [-0.15, -0.1) is 24.8 Å². The number of carbonyl (C=O) groups is 1. The van der Waals surface area contributed by atoms with Gasteiger partial charge in [0.15, 0.2) is 5.65 Å². The molecule has 2 fully saturated rings. The molecule has 0 aromatic carbocycles. The van der Waals surface area contributed by atoms with Crippen LogP contribution < -0.4 is 10.6 Å². The number of carbonyl (C=O) groups excluding carboxylic acids is 1. The number of amides is 1. The third-order valence-electron chi connectivity index (χ3n) is 5.22. The van der Waals surface area contributed by atoms with E-state index in [0.29, 0.717) is 18.2 Å². The molecule has 4 heterocycles. The maximum absolute atomic E-state index is 12.7. The summed E-state index contributed by atoms with van der Waals surface area (Å²) < 4.78 is 0. The summed E-state index contributed by atoms with van der Waals surface area (Å²) >= 11 is 0. The van der Waals surface area contributed by atoms with Crippen molar-refractivity contribution in [2.45, 2.75) is 44.3 Å². The molecule has 1 atom stereocenters. The van der Waals surface area contributed by atoms with Gasteiger partial charge in [0.05, 0.1) is 18.3 Å². The van der Waals surface area contributed by atoms with Crippen molar-refractivity contribution in [2.24, 2.45) is 0 Å². The second-order valence-electron chi connectivity index (χ2n) is 6.67. The Morgan fingerprint density at radius 1 is 1.27 bits per heavy atom. The molecular weight excluding hydrogens is 375 g/mol. The van der Waals surface area contributed by atoms with Crippen LogP contribution in [0.5, 0.6) is 0 Å². The van der Waals surface area contributed by atoms with Crippen LogP contribution in [0.3, 0.4) is 0 Å². The van der Waals surface area contributed by atoms with E-state index in [9.17, 15) is 4.79 Å². The minimum absolute atomic E-state index is 0. The van der Waals surface area contributed by atoms with Crippen molar-refractivity contribution in [3.8, 4) is 0 Å². The van der Waals surface area contributed by atoms with Gasteiger partial charge < -0.3 is 10.6 Å². The minimum atomic E-state index is 0. The van der Waals surface area contributed by atoms with Crippen LogP contribution in [0.1, 0.15) is 31.4 Å². The zero-order chi connectivity index (χ0) is 16.4. The highest BCUT2D eigenvalue weighted by Crippen LogP contribution is 2.24. The van der Waals surface area contributed by atoms with Gasteiger partial charge in [0.2, 0.25) is 5.91 Å². The molecular formula is C17H26Cl2N6O. The molecule has 4 rings (SSSR count). The molecule has 2 aromatic rings. The highest BCUT2D eigenvalue weighted by atomic mass is 35.5. The number of piperidine rings is 1. The van der Waals surface area contributed by atoms with E-state index < -0.39 is 0 Å². The summed E-state index contributed by atoms with van der Waals surface area (Å²) in [5.41, 5.74) is 1.61. The number of aromatic amines is 1. The van der Waals surface area contributed by atoms with Gasteiger partial charge in [-0.1, -0.05) is 0 Å². The molecule has 144 valence electrons. The number of aromatic nitrogens is 3. The maximum Gasteiger partial charge on any atom is 0.237 e. The summed E-state index contributed by atoms with van der Waals surface area (Å²) in [7, 11) is 0. The van der Waals surface area contributed by atoms with Gasteiger partial charge in [0, 0.05) is 17.6 Å². The lowest BCUT2D eigenvalue weighted by Crippen LogP contribution is -2.50. The smallest absolute Gasteiger partial charge is 0.237 e. The molecule has 2 aromatic heterocycles. The van der Waals surface area contributed by atoms with Gasteiger partial charge >= 0.3 is 0 Å². The Hall–Kier alpha value is -1.41. The highest BCUT2D eigenvalue weighted by Gasteiger charge is 2.35. The van der Waals surface area contributed by atoms with Gasteiger partial charge in [-0.2, -0.15) is 5.10 Å². The van der Waals surface area contributed by atoms with E-state index in [1.54, 1.807) is 6.20 Å². The molecule has 0 aliphatic carbocycles. The van der Waals surface area contributed by atoms with E-state index in [0.717, 1.165) is 56.4 Å². The Morgan fingerprint density at radius 3 is 2.88 bits per heavy atom. The molecule has 2 aliphatic rings. The van der Waals surface area contributed by atoms with Crippen LogP contribution in [-0.4, -0.2) is 57.7 Å². The molecule has 1 amide bonds. The number of rotatable bonds is 4. The summed E-state index contributed by atoms with van der Waals surface area (Å²) in [6, 6.07) is 4.42. The average Bonchev–Trinajstić information content (AvgIpc) is 3.28. The summed E-state index contributed by atoms with van der Waals surface area (Å²) in [6.07, 6.45) is 6.07. The third-order valence-corrected chi connectivity index (χ3v) is 5.22. The van der Waals surface area contributed by atoms with Crippen molar-refractivity contribution >= 4 is 41.8 Å². The number of halogens is 2. The summed E-state index contributed by atoms with van der Waals surface area (Å²) in [5.74, 6) is 0.137. The van der Waals surface area contributed by atoms with E-state index in [2.05, 4.69) is 30.7 Å². The number of hydrogen-bond donors (Lipinski definition) is 3. The van der Waals surface area contributed by atoms with Crippen LogP contribution in [0.25, 0.3) is 11.0 Å². The lowest BCUT2D eigenvalue weighted by molar-refractivity contribution is -0.126. The van der Waals surface area contributed by atoms with Crippen LogP contribution in [0, 0.1) is 0 Å². The number of H-pyrrole nitrogens is 1. The fourth-order valence-electron chi connectivity index (χ4n) is 3.98. The molecule has 0 bridgehead atoms. The highest BCUT2D eigenvalue weighted by molar-refractivity contribution is 5.85. The molecule has 0 spiro atoms. The molecule has 7 nitrogen and oxygen atoms in total. The average molecular weight is 401 g/mol.